The molecule has 2 saturated heterocycles. The largest absolute Gasteiger partial charge is 0.353 e. The molecule has 1 atom stereocenters. The first-order valence-corrected chi connectivity index (χ1v) is 9.27. The maximum Gasteiger partial charge on any atom is 0.257 e. The Morgan fingerprint density at radius 1 is 1.07 bits per heavy atom. The summed E-state index contributed by atoms with van der Waals surface area (Å²) in [6.07, 6.45) is 1.64. The number of alkyl halides is 2. The van der Waals surface area contributed by atoms with E-state index >= 15 is 0 Å². The predicted octanol–water partition coefficient (Wildman–Crippen LogP) is 3.66. The van der Waals surface area contributed by atoms with E-state index < -0.39 is 17.2 Å². The third-order valence-corrected chi connectivity index (χ3v) is 5.77. The van der Waals surface area contributed by atoms with Gasteiger partial charge in [-0.3, -0.25) is 9.88 Å². The first-order valence-electron chi connectivity index (χ1n) is 9.27. The molecule has 2 aliphatic heterocycles. The summed E-state index contributed by atoms with van der Waals surface area (Å²) < 4.78 is 44.0. The van der Waals surface area contributed by atoms with Crippen LogP contribution in [0.5, 0.6) is 0 Å². The van der Waals surface area contributed by atoms with Crippen molar-refractivity contribution >= 4 is 5.82 Å². The Morgan fingerprint density at radius 2 is 1.93 bits per heavy atom. The number of nitrogens with zero attached hydrogens (tertiary/aromatic N) is 4. The van der Waals surface area contributed by atoms with Crippen molar-refractivity contribution < 1.29 is 13.2 Å². The Balaban J connectivity index is 1.54. The van der Waals surface area contributed by atoms with Gasteiger partial charge in [0.15, 0.2) is 11.6 Å². The fourth-order valence-electron chi connectivity index (χ4n) is 4.33. The molecule has 144 valence electrons. The molecule has 4 heterocycles. The number of anilines is 1. The van der Waals surface area contributed by atoms with E-state index in [2.05, 4.69) is 14.9 Å². The molecule has 4 rings (SSSR count). The third kappa shape index (κ3) is 3.40. The van der Waals surface area contributed by atoms with Gasteiger partial charge >= 0.3 is 0 Å². The lowest BCUT2D eigenvalue weighted by molar-refractivity contribution is -0.159. The van der Waals surface area contributed by atoms with Crippen molar-refractivity contribution in [1.82, 2.24) is 14.9 Å². The van der Waals surface area contributed by atoms with Crippen LogP contribution in [-0.4, -0.2) is 47.0 Å². The zero-order valence-electron chi connectivity index (χ0n) is 15.3. The molecule has 0 aliphatic carbocycles. The van der Waals surface area contributed by atoms with E-state index in [1.54, 1.807) is 4.90 Å². The van der Waals surface area contributed by atoms with Crippen LogP contribution >= 0.6 is 0 Å². The second kappa shape index (κ2) is 6.78. The lowest BCUT2D eigenvalue weighted by atomic mass is 9.75. The summed E-state index contributed by atoms with van der Waals surface area (Å²) in [7, 11) is 0. The molecule has 1 spiro atoms. The van der Waals surface area contributed by atoms with Gasteiger partial charge in [-0.1, -0.05) is 6.07 Å². The van der Waals surface area contributed by atoms with Crippen LogP contribution in [-0.2, 0) is 6.54 Å². The van der Waals surface area contributed by atoms with Crippen molar-refractivity contribution in [3.8, 4) is 0 Å². The minimum Gasteiger partial charge on any atom is -0.353 e. The smallest absolute Gasteiger partial charge is 0.257 e. The summed E-state index contributed by atoms with van der Waals surface area (Å²) in [5, 5.41) is 0. The topological polar surface area (TPSA) is 32.3 Å². The second-order valence-corrected chi connectivity index (χ2v) is 7.70. The van der Waals surface area contributed by atoms with E-state index in [0.29, 0.717) is 26.1 Å². The Hall–Kier alpha value is -2.15. The van der Waals surface area contributed by atoms with Gasteiger partial charge in [0, 0.05) is 51.0 Å². The summed E-state index contributed by atoms with van der Waals surface area (Å²) in [5.74, 6) is -3.07. The number of halogens is 3. The summed E-state index contributed by atoms with van der Waals surface area (Å²) in [6.45, 7) is 3.59. The minimum atomic E-state index is -2.77. The van der Waals surface area contributed by atoms with Crippen LogP contribution in [0.2, 0.25) is 0 Å². The summed E-state index contributed by atoms with van der Waals surface area (Å²) in [5.41, 5.74) is 0.627. The molecule has 27 heavy (non-hydrogen) atoms. The number of hydrogen-bond donors (Lipinski definition) is 0. The average molecular weight is 376 g/mol. The maximum absolute atomic E-state index is 14.9. The van der Waals surface area contributed by atoms with E-state index in [-0.39, 0.29) is 25.3 Å². The fraction of sp³-hybridized carbons (Fsp3) is 0.500. The van der Waals surface area contributed by atoms with E-state index in [1.165, 1.54) is 18.3 Å². The highest BCUT2D eigenvalue weighted by Gasteiger charge is 2.59. The van der Waals surface area contributed by atoms with Crippen molar-refractivity contribution in [2.24, 2.45) is 5.41 Å². The van der Waals surface area contributed by atoms with Crippen LogP contribution in [0.1, 0.15) is 24.2 Å². The quantitative estimate of drug-likeness (QED) is 0.818. The second-order valence-electron chi connectivity index (χ2n) is 7.70. The van der Waals surface area contributed by atoms with Gasteiger partial charge < -0.3 is 4.90 Å². The molecular weight excluding hydrogens is 353 g/mol. The zero-order chi connectivity index (χ0) is 19.1. The van der Waals surface area contributed by atoms with Crippen LogP contribution in [0.3, 0.4) is 0 Å². The number of rotatable bonds is 3. The van der Waals surface area contributed by atoms with Crippen LogP contribution in [0.15, 0.2) is 36.5 Å². The van der Waals surface area contributed by atoms with Crippen molar-refractivity contribution in [3.63, 3.8) is 0 Å². The molecule has 0 radical (unpaired) electrons. The van der Waals surface area contributed by atoms with Crippen LogP contribution in [0, 0.1) is 18.2 Å². The molecule has 2 aromatic heterocycles. The number of hydrogen-bond acceptors (Lipinski definition) is 4. The summed E-state index contributed by atoms with van der Waals surface area (Å²) in [4.78, 5) is 12.3. The molecule has 0 bridgehead atoms. The van der Waals surface area contributed by atoms with Gasteiger partial charge in [-0.25, -0.2) is 18.2 Å². The number of likely N-dealkylation sites (tertiary alicyclic amines) is 1. The zero-order valence-corrected chi connectivity index (χ0v) is 15.3. The van der Waals surface area contributed by atoms with Gasteiger partial charge in [-0.2, -0.15) is 0 Å². The van der Waals surface area contributed by atoms with E-state index in [4.69, 9.17) is 0 Å². The van der Waals surface area contributed by atoms with Crippen molar-refractivity contribution in [2.75, 3.05) is 31.1 Å². The van der Waals surface area contributed by atoms with E-state index in [1.807, 2.05) is 25.1 Å². The molecule has 0 amide bonds. The van der Waals surface area contributed by atoms with Gasteiger partial charge in [0.2, 0.25) is 0 Å². The van der Waals surface area contributed by atoms with Crippen LogP contribution in [0.4, 0.5) is 19.0 Å². The lowest BCUT2D eigenvalue weighted by Gasteiger charge is -2.45. The maximum atomic E-state index is 14.9. The minimum absolute atomic E-state index is 0.117. The molecule has 0 unspecified atom stereocenters. The average Bonchev–Trinajstić information content (AvgIpc) is 3.04. The summed E-state index contributed by atoms with van der Waals surface area (Å²) >= 11 is 0. The normalized spacial score (nSPS) is 25.3. The van der Waals surface area contributed by atoms with Gasteiger partial charge in [0.05, 0.1) is 11.1 Å². The van der Waals surface area contributed by atoms with Crippen molar-refractivity contribution in [3.05, 3.63) is 53.7 Å². The van der Waals surface area contributed by atoms with Gasteiger partial charge in [-0.15, -0.1) is 0 Å². The number of aryl methyl sites for hydroxylation is 1. The Kier molecular flexibility index (Phi) is 4.58. The standard InChI is InChI=1S/C20H23F3N4/c1-15-4-2-5-16(25-15)12-26-10-8-20(22,23)19(13-26)7-11-27(14-19)18-17(21)6-3-9-24-18/h2-6,9H,7-8,10-14H2,1H3/t19-/m1/s1. The highest BCUT2D eigenvalue weighted by Crippen LogP contribution is 2.50. The lowest BCUT2D eigenvalue weighted by Crippen LogP contribution is -2.56. The Labute approximate surface area is 157 Å². The fourth-order valence-corrected chi connectivity index (χ4v) is 4.33. The third-order valence-electron chi connectivity index (χ3n) is 5.77. The molecule has 4 nitrogen and oxygen atoms in total. The summed E-state index contributed by atoms with van der Waals surface area (Å²) in [6, 6.07) is 8.62. The van der Waals surface area contributed by atoms with Gasteiger partial charge in [-0.05, 0) is 37.6 Å². The number of piperidine rings is 1. The Morgan fingerprint density at radius 3 is 2.70 bits per heavy atom. The monoisotopic (exact) mass is 376 g/mol. The predicted molar refractivity (Wildman–Crippen MR) is 97.3 cm³/mol. The molecule has 7 heteroatoms. The Bertz CT molecular complexity index is 828. The molecule has 0 N–H and O–H groups in total. The van der Waals surface area contributed by atoms with Crippen LogP contribution in [0.25, 0.3) is 0 Å². The van der Waals surface area contributed by atoms with E-state index in [9.17, 15) is 13.2 Å². The highest BCUT2D eigenvalue weighted by molar-refractivity contribution is 5.42. The van der Waals surface area contributed by atoms with Gasteiger partial charge in [0.25, 0.3) is 5.92 Å². The van der Waals surface area contributed by atoms with E-state index in [0.717, 1.165) is 11.4 Å². The molecular formula is C20H23F3N4. The first-order chi connectivity index (χ1) is 12.9. The van der Waals surface area contributed by atoms with Gasteiger partial charge in [0.1, 0.15) is 0 Å². The van der Waals surface area contributed by atoms with Crippen molar-refractivity contribution in [2.45, 2.75) is 32.2 Å². The highest BCUT2D eigenvalue weighted by atomic mass is 19.3. The molecule has 2 aromatic rings. The number of aromatic nitrogens is 2. The van der Waals surface area contributed by atoms with Crippen molar-refractivity contribution in [1.29, 1.82) is 0 Å². The molecule has 2 aliphatic rings. The van der Waals surface area contributed by atoms with Crippen LogP contribution < -0.4 is 4.90 Å². The molecule has 0 saturated carbocycles. The molecule has 0 aromatic carbocycles. The SMILES string of the molecule is Cc1cccc(CN2CCC(F)(F)[C@]3(CCN(c4ncccc4F)C3)C2)n1. The number of pyridine rings is 2. The first kappa shape index (κ1) is 18.2. The molecule has 2 fully saturated rings.